The van der Waals surface area contributed by atoms with Crippen LogP contribution >= 0.6 is 11.6 Å². The highest BCUT2D eigenvalue weighted by Gasteiger charge is 2.27. The Balaban J connectivity index is 2.35. The number of alkyl halides is 1. The number of carbonyl (C=O) groups is 1. The highest BCUT2D eigenvalue weighted by molar-refractivity contribution is 6.20. The summed E-state index contributed by atoms with van der Waals surface area (Å²) in [6.45, 7) is 2.13. The van der Waals surface area contributed by atoms with Crippen molar-refractivity contribution < 1.29 is 19.0 Å². The van der Waals surface area contributed by atoms with Gasteiger partial charge in [-0.05, 0) is 0 Å². The van der Waals surface area contributed by atoms with E-state index in [1.54, 1.807) is 0 Å². The third-order valence-corrected chi connectivity index (χ3v) is 1.47. The molecule has 0 aliphatic carbocycles. The Bertz CT molecular complexity index is 150. The molecular formula is C6H9ClO4. The summed E-state index contributed by atoms with van der Waals surface area (Å²) < 4.78 is 14.6. The second kappa shape index (κ2) is 3.90. The van der Waals surface area contributed by atoms with Gasteiger partial charge < -0.3 is 14.2 Å². The Morgan fingerprint density at radius 3 is 2.73 bits per heavy atom. The molecule has 11 heavy (non-hydrogen) atoms. The summed E-state index contributed by atoms with van der Waals surface area (Å²) in [4.78, 5) is 10.4. The molecule has 1 saturated heterocycles. The van der Waals surface area contributed by atoms with Crippen molar-refractivity contribution in [3.8, 4) is 0 Å². The molecule has 1 aliphatic rings. The van der Waals surface area contributed by atoms with Crippen LogP contribution in [0.15, 0.2) is 0 Å². The van der Waals surface area contributed by atoms with Gasteiger partial charge in [0.15, 0.2) is 5.56 Å². The van der Waals surface area contributed by atoms with E-state index in [4.69, 9.17) is 21.1 Å². The van der Waals surface area contributed by atoms with E-state index in [0.29, 0.717) is 13.2 Å². The van der Waals surface area contributed by atoms with Gasteiger partial charge in [-0.1, -0.05) is 11.6 Å². The number of ether oxygens (including phenoxy) is 3. The number of rotatable bonds is 1. The van der Waals surface area contributed by atoms with Gasteiger partial charge in [-0.3, -0.25) is 4.79 Å². The van der Waals surface area contributed by atoms with E-state index in [1.165, 1.54) is 6.92 Å². The summed E-state index contributed by atoms with van der Waals surface area (Å²) in [7, 11) is 0. The van der Waals surface area contributed by atoms with E-state index in [9.17, 15) is 4.79 Å². The summed E-state index contributed by atoms with van der Waals surface area (Å²) in [6.07, 6.45) is -0.761. The van der Waals surface area contributed by atoms with E-state index < -0.39 is 17.8 Å². The lowest BCUT2D eigenvalue weighted by Gasteiger charge is -2.26. The largest absolute Gasteiger partial charge is 0.432 e. The van der Waals surface area contributed by atoms with E-state index in [1.807, 2.05) is 0 Å². The molecule has 0 aromatic heterocycles. The first-order valence-electron chi connectivity index (χ1n) is 3.24. The molecular weight excluding hydrogens is 172 g/mol. The molecule has 0 spiro atoms. The minimum absolute atomic E-state index is 0.404. The molecule has 0 bridgehead atoms. The van der Waals surface area contributed by atoms with Crippen LogP contribution < -0.4 is 0 Å². The third-order valence-electron chi connectivity index (χ3n) is 1.14. The van der Waals surface area contributed by atoms with Crippen molar-refractivity contribution in [2.45, 2.75) is 18.8 Å². The number of esters is 1. The Morgan fingerprint density at radius 2 is 2.18 bits per heavy atom. The van der Waals surface area contributed by atoms with Crippen LogP contribution in [-0.4, -0.2) is 31.0 Å². The molecule has 0 aromatic carbocycles. The van der Waals surface area contributed by atoms with Crippen LogP contribution in [0.3, 0.4) is 0 Å². The normalized spacial score (nSPS) is 31.5. The van der Waals surface area contributed by atoms with Crippen LogP contribution in [0.5, 0.6) is 0 Å². The molecule has 64 valence electrons. The van der Waals surface area contributed by atoms with Gasteiger partial charge in [0.2, 0.25) is 6.29 Å². The predicted molar refractivity (Wildman–Crippen MR) is 37.1 cm³/mol. The summed E-state index contributed by atoms with van der Waals surface area (Å²) in [5, 5.41) is 0. The molecule has 2 atom stereocenters. The number of carbonyl (C=O) groups excluding carboxylic acids is 1. The Morgan fingerprint density at radius 1 is 1.55 bits per heavy atom. The Labute approximate surface area is 69.4 Å². The van der Waals surface area contributed by atoms with Gasteiger partial charge in [0, 0.05) is 6.92 Å². The van der Waals surface area contributed by atoms with Crippen molar-refractivity contribution in [2.75, 3.05) is 13.2 Å². The van der Waals surface area contributed by atoms with Crippen LogP contribution in [0.2, 0.25) is 0 Å². The fraction of sp³-hybridized carbons (Fsp3) is 0.833. The topological polar surface area (TPSA) is 44.8 Å². The van der Waals surface area contributed by atoms with Crippen molar-refractivity contribution in [3.63, 3.8) is 0 Å². The highest BCUT2D eigenvalue weighted by atomic mass is 35.5. The van der Waals surface area contributed by atoms with Gasteiger partial charge in [0.25, 0.3) is 0 Å². The van der Waals surface area contributed by atoms with Crippen LogP contribution in [-0.2, 0) is 19.0 Å². The van der Waals surface area contributed by atoms with E-state index in [-0.39, 0.29) is 0 Å². The first kappa shape index (κ1) is 8.77. The van der Waals surface area contributed by atoms with Gasteiger partial charge in [-0.2, -0.15) is 0 Å². The Kier molecular flexibility index (Phi) is 3.11. The van der Waals surface area contributed by atoms with Crippen LogP contribution in [0, 0.1) is 0 Å². The molecule has 2 unspecified atom stereocenters. The molecule has 1 fully saturated rings. The average Bonchev–Trinajstić information content (AvgIpc) is 1.93. The molecule has 0 N–H and O–H groups in total. The summed E-state index contributed by atoms with van der Waals surface area (Å²) >= 11 is 5.60. The highest BCUT2D eigenvalue weighted by Crippen LogP contribution is 2.14. The van der Waals surface area contributed by atoms with Crippen molar-refractivity contribution in [3.05, 3.63) is 0 Å². The summed E-state index contributed by atoms with van der Waals surface area (Å²) in [5.41, 5.74) is -0.687. The monoisotopic (exact) mass is 180 g/mol. The fourth-order valence-corrected chi connectivity index (χ4v) is 0.944. The van der Waals surface area contributed by atoms with E-state index in [0.717, 1.165) is 0 Å². The smallest absolute Gasteiger partial charge is 0.305 e. The van der Waals surface area contributed by atoms with Crippen molar-refractivity contribution in [1.29, 1.82) is 0 Å². The van der Waals surface area contributed by atoms with Crippen molar-refractivity contribution in [2.24, 2.45) is 0 Å². The quantitative estimate of drug-likeness (QED) is 0.435. The second-order valence-corrected chi connectivity index (χ2v) is 2.50. The molecule has 0 saturated carbocycles. The standard InChI is InChI=1S/C6H9ClO4/c1-4(8)11-6-5(7)9-2-3-10-6/h5-6H,2-3H2,1H3. The predicted octanol–water partition coefficient (Wildman–Crippen LogP) is 0.487. The maximum absolute atomic E-state index is 10.4. The third kappa shape index (κ3) is 2.65. The minimum Gasteiger partial charge on any atom is -0.432 e. The van der Waals surface area contributed by atoms with Gasteiger partial charge in [-0.15, -0.1) is 0 Å². The first-order chi connectivity index (χ1) is 5.20. The number of halogens is 1. The van der Waals surface area contributed by atoms with Gasteiger partial charge >= 0.3 is 5.97 Å². The van der Waals surface area contributed by atoms with Crippen LogP contribution in [0.4, 0.5) is 0 Å². The van der Waals surface area contributed by atoms with Crippen molar-refractivity contribution in [1.82, 2.24) is 0 Å². The minimum atomic E-state index is -0.761. The van der Waals surface area contributed by atoms with E-state index >= 15 is 0 Å². The zero-order chi connectivity index (χ0) is 8.27. The summed E-state index contributed by atoms with van der Waals surface area (Å²) in [6, 6.07) is 0. The van der Waals surface area contributed by atoms with Gasteiger partial charge in [0.1, 0.15) is 0 Å². The van der Waals surface area contributed by atoms with E-state index in [2.05, 4.69) is 4.74 Å². The molecule has 0 amide bonds. The molecule has 1 aliphatic heterocycles. The molecule has 1 heterocycles. The maximum atomic E-state index is 10.4. The van der Waals surface area contributed by atoms with Crippen LogP contribution in [0.1, 0.15) is 6.92 Å². The number of hydrogen-bond acceptors (Lipinski definition) is 4. The maximum Gasteiger partial charge on any atom is 0.305 e. The zero-order valence-corrected chi connectivity index (χ0v) is 6.84. The lowest BCUT2D eigenvalue weighted by molar-refractivity contribution is -0.222. The summed E-state index contributed by atoms with van der Waals surface area (Å²) in [5.74, 6) is -0.425. The first-order valence-corrected chi connectivity index (χ1v) is 3.68. The molecule has 5 heteroatoms. The Hall–Kier alpha value is -0.320. The second-order valence-electron chi connectivity index (χ2n) is 2.07. The van der Waals surface area contributed by atoms with Gasteiger partial charge in [-0.25, -0.2) is 0 Å². The fourth-order valence-electron chi connectivity index (χ4n) is 0.730. The zero-order valence-electron chi connectivity index (χ0n) is 6.08. The lowest BCUT2D eigenvalue weighted by atomic mass is 10.6. The molecule has 1 rings (SSSR count). The number of hydrogen-bond donors (Lipinski definition) is 0. The SMILES string of the molecule is CC(=O)OC1OCCOC1Cl. The average molecular weight is 181 g/mol. The lowest BCUT2D eigenvalue weighted by Crippen LogP contribution is -2.37. The molecule has 4 nitrogen and oxygen atoms in total. The molecule has 0 aromatic rings. The van der Waals surface area contributed by atoms with Gasteiger partial charge in [0.05, 0.1) is 13.2 Å². The van der Waals surface area contributed by atoms with Crippen molar-refractivity contribution >= 4 is 17.6 Å². The molecule has 0 radical (unpaired) electrons. The van der Waals surface area contributed by atoms with Crippen LogP contribution in [0.25, 0.3) is 0 Å².